The summed E-state index contributed by atoms with van der Waals surface area (Å²) in [5, 5.41) is 3.63. The molecule has 1 aromatic carbocycles. The van der Waals surface area contributed by atoms with Gasteiger partial charge in [0.05, 0.1) is 16.8 Å². The summed E-state index contributed by atoms with van der Waals surface area (Å²) in [5.74, 6) is -1.02. The normalized spacial score (nSPS) is 11.9. The average molecular weight is 363 g/mol. The number of aryl methyl sites for hydroxylation is 1. The Morgan fingerprint density at radius 3 is 2.88 bits per heavy atom. The Balaban J connectivity index is 2.10. The highest BCUT2D eigenvalue weighted by molar-refractivity contribution is 7.16. The molecule has 0 spiro atoms. The molecule has 2 aromatic heterocycles. The lowest BCUT2D eigenvalue weighted by Crippen LogP contribution is -2.23. The highest BCUT2D eigenvalue weighted by atomic mass is 32.1. The number of esters is 1. The Morgan fingerprint density at radius 2 is 2.20 bits per heavy atom. The van der Waals surface area contributed by atoms with Gasteiger partial charge in [0.25, 0.3) is 0 Å². The van der Waals surface area contributed by atoms with E-state index >= 15 is 0 Å². The second-order valence-corrected chi connectivity index (χ2v) is 6.14. The Labute approximate surface area is 145 Å². The van der Waals surface area contributed by atoms with Gasteiger partial charge in [-0.2, -0.15) is 4.99 Å². The SMILES string of the molecule is CCOC(=O)Cn1c(=NC(=O)c2cc(C)on2)sc2cc(F)ccc21. The molecule has 0 aliphatic carbocycles. The van der Waals surface area contributed by atoms with Gasteiger partial charge in [-0.1, -0.05) is 16.5 Å². The Bertz CT molecular complexity index is 1020. The first-order valence-electron chi connectivity index (χ1n) is 7.45. The number of hydrogen-bond acceptors (Lipinski definition) is 6. The van der Waals surface area contributed by atoms with Gasteiger partial charge in [0, 0.05) is 6.07 Å². The van der Waals surface area contributed by atoms with Crippen LogP contribution in [0.3, 0.4) is 0 Å². The molecule has 9 heteroatoms. The van der Waals surface area contributed by atoms with Crippen LogP contribution in [0, 0.1) is 12.7 Å². The van der Waals surface area contributed by atoms with Crippen LogP contribution in [0.4, 0.5) is 4.39 Å². The van der Waals surface area contributed by atoms with Crippen molar-refractivity contribution >= 4 is 33.4 Å². The van der Waals surface area contributed by atoms with Gasteiger partial charge in [-0.25, -0.2) is 4.39 Å². The van der Waals surface area contributed by atoms with E-state index in [1.807, 2.05) is 0 Å². The minimum absolute atomic E-state index is 0.0591. The fourth-order valence-electron chi connectivity index (χ4n) is 2.23. The smallest absolute Gasteiger partial charge is 0.326 e. The molecule has 0 saturated carbocycles. The van der Waals surface area contributed by atoms with Crippen LogP contribution >= 0.6 is 11.3 Å². The number of fused-ring (bicyclic) bond motifs is 1. The topological polar surface area (TPSA) is 86.7 Å². The molecule has 3 rings (SSSR count). The molecule has 2 heterocycles. The fourth-order valence-corrected chi connectivity index (χ4v) is 3.28. The third kappa shape index (κ3) is 3.66. The molecule has 0 aliphatic rings. The number of rotatable bonds is 4. The first kappa shape index (κ1) is 17.0. The molecule has 3 aromatic rings. The third-order valence-electron chi connectivity index (χ3n) is 3.28. The maximum absolute atomic E-state index is 13.5. The first-order chi connectivity index (χ1) is 12.0. The van der Waals surface area contributed by atoms with Crippen molar-refractivity contribution in [2.75, 3.05) is 6.61 Å². The largest absolute Gasteiger partial charge is 0.465 e. The lowest BCUT2D eigenvalue weighted by molar-refractivity contribution is -0.143. The summed E-state index contributed by atoms with van der Waals surface area (Å²) in [6, 6.07) is 5.60. The van der Waals surface area contributed by atoms with Crippen LogP contribution < -0.4 is 4.80 Å². The van der Waals surface area contributed by atoms with Crippen LogP contribution in [-0.2, 0) is 16.1 Å². The van der Waals surface area contributed by atoms with E-state index in [1.54, 1.807) is 13.8 Å². The van der Waals surface area contributed by atoms with Crippen molar-refractivity contribution in [2.45, 2.75) is 20.4 Å². The Morgan fingerprint density at radius 1 is 1.40 bits per heavy atom. The van der Waals surface area contributed by atoms with E-state index in [4.69, 9.17) is 9.26 Å². The van der Waals surface area contributed by atoms with E-state index in [9.17, 15) is 14.0 Å². The van der Waals surface area contributed by atoms with E-state index in [1.165, 1.54) is 28.8 Å². The third-order valence-corrected chi connectivity index (χ3v) is 4.32. The van der Waals surface area contributed by atoms with Crippen molar-refractivity contribution in [1.82, 2.24) is 9.72 Å². The number of nitrogens with zero attached hydrogens (tertiary/aromatic N) is 3. The maximum Gasteiger partial charge on any atom is 0.326 e. The van der Waals surface area contributed by atoms with Crippen molar-refractivity contribution in [3.8, 4) is 0 Å². The number of aromatic nitrogens is 2. The molecular formula is C16H14FN3O4S. The zero-order chi connectivity index (χ0) is 18.0. The lowest BCUT2D eigenvalue weighted by atomic mass is 10.3. The maximum atomic E-state index is 13.5. The number of benzene rings is 1. The number of carbonyl (C=O) groups is 2. The van der Waals surface area contributed by atoms with E-state index in [0.717, 1.165) is 11.3 Å². The zero-order valence-corrected chi connectivity index (χ0v) is 14.3. The summed E-state index contributed by atoms with van der Waals surface area (Å²) in [7, 11) is 0. The predicted molar refractivity (Wildman–Crippen MR) is 87.5 cm³/mol. The summed E-state index contributed by atoms with van der Waals surface area (Å²) < 4.78 is 25.4. The quantitative estimate of drug-likeness (QED) is 0.665. The Kier molecular flexibility index (Phi) is 4.75. The number of ether oxygens (including phenoxy) is 1. The van der Waals surface area contributed by atoms with Gasteiger partial charge in [-0.3, -0.25) is 9.59 Å². The minimum Gasteiger partial charge on any atom is -0.465 e. The molecule has 0 saturated heterocycles. The summed E-state index contributed by atoms with van der Waals surface area (Å²) in [6.45, 7) is 3.46. The Hall–Kier alpha value is -2.81. The van der Waals surface area contributed by atoms with E-state index in [2.05, 4.69) is 10.1 Å². The van der Waals surface area contributed by atoms with Crippen molar-refractivity contribution in [1.29, 1.82) is 0 Å². The van der Waals surface area contributed by atoms with Crippen molar-refractivity contribution in [3.05, 3.63) is 46.3 Å². The number of carbonyl (C=O) groups excluding carboxylic acids is 2. The predicted octanol–water partition coefficient (Wildman–Crippen LogP) is 2.44. The van der Waals surface area contributed by atoms with Gasteiger partial charge >= 0.3 is 11.9 Å². The molecule has 7 nitrogen and oxygen atoms in total. The lowest BCUT2D eigenvalue weighted by Gasteiger charge is -2.04. The van der Waals surface area contributed by atoms with Crippen LogP contribution in [0.15, 0.2) is 33.8 Å². The average Bonchev–Trinajstić information content (AvgIpc) is 3.12. The van der Waals surface area contributed by atoms with Crippen molar-refractivity contribution in [2.24, 2.45) is 4.99 Å². The van der Waals surface area contributed by atoms with Crippen LogP contribution in [-0.4, -0.2) is 28.2 Å². The van der Waals surface area contributed by atoms with Crippen LogP contribution in [0.1, 0.15) is 23.2 Å². The number of thiazole rings is 1. The molecule has 0 N–H and O–H groups in total. The molecule has 130 valence electrons. The molecule has 0 bridgehead atoms. The van der Waals surface area contributed by atoms with Crippen molar-refractivity contribution < 1.29 is 23.2 Å². The van der Waals surface area contributed by atoms with Gasteiger partial charge in [-0.15, -0.1) is 0 Å². The van der Waals surface area contributed by atoms with Gasteiger partial charge in [0.2, 0.25) is 0 Å². The fraction of sp³-hybridized carbons (Fsp3) is 0.250. The summed E-state index contributed by atoms with van der Waals surface area (Å²) in [5.41, 5.74) is 0.645. The standard InChI is InChI=1S/C16H14FN3O4S/c1-3-23-14(21)8-20-12-5-4-10(17)7-13(12)25-16(20)18-15(22)11-6-9(2)24-19-11/h4-7H,3,8H2,1-2H3. The second-order valence-electron chi connectivity index (χ2n) is 5.13. The van der Waals surface area contributed by atoms with Gasteiger partial charge < -0.3 is 13.8 Å². The molecule has 0 atom stereocenters. The number of hydrogen-bond donors (Lipinski definition) is 0. The molecular weight excluding hydrogens is 349 g/mol. The van der Waals surface area contributed by atoms with Crippen molar-refractivity contribution in [3.63, 3.8) is 0 Å². The molecule has 0 aliphatic heterocycles. The summed E-state index contributed by atoms with van der Waals surface area (Å²) in [4.78, 5) is 28.4. The highest BCUT2D eigenvalue weighted by Crippen LogP contribution is 2.19. The van der Waals surface area contributed by atoms with E-state index in [0.29, 0.717) is 16.0 Å². The molecule has 1 amide bonds. The molecule has 0 fully saturated rings. The van der Waals surface area contributed by atoms with Gasteiger partial charge in [0.1, 0.15) is 18.1 Å². The monoisotopic (exact) mass is 363 g/mol. The van der Waals surface area contributed by atoms with E-state index in [-0.39, 0.29) is 23.6 Å². The number of halogens is 1. The molecule has 0 radical (unpaired) electrons. The molecule has 25 heavy (non-hydrogen) atoms. The van der Waals surface area contributed by atoms with Gasteiger partial charge in [-0.05, 0) is 32.0 Å². The minimum atomic E-state index is -0.610. The van der Waals surface area contributed by atoms with Crippen LogP contribution in [0.25, 0.3) is 10.2 Å². The van der Waals surface area contributed by atoms with Crippen LogP contribution in [0.5, 0.6) is 0 Å². The second kappa shape index (κ2) is 6.98. The van der Waals surface area contributed by atoms with Gasteiger partial charge in [0.15, 0.2) is 10.5 Å². The summed E-state index contributed by atoms with van der Waals surface area (Å²) >= 11 is 1.10. The van der Waals surface area contributed by atoms with Crippen LogP contribution in [0.2, 0.25) is 0 Å². The van der Waals surface area contributed by atoms with E-state index < -0.39 is 17.7 Å². The first-order valence-corrected chi connectivity index (χ1v) is 8.26. The zero-order valence-electron chi connectivity index (χ0n) is 13.5. The summed E-state index contributed by atoms with van der Waals surface area (Å²) in [6.07, 6.45) is 0. The number of amides is 1. The highest BCUT2D eigenvalue weighted by Gasteiger charge is 2.15. The molecule has 0 unspecified atom stereocenters.